The summed E-state index contributed by atoms with van der Waals surface area (Å²) >= 11 is 0. The zero-order valence-corrected chi connectivity index (χ0v) is 15.7. The van der Waals surface area contributed by atoms with Crippen molar-refractivity contribution >= 4 is 17.0 Å². The Hall–Kier alpha value is -2.80. The van der Waals surface area contributed by atoms with Crippen molar-refractivity contribution in [1.29, 1.82) is 0 Å². The summed E-state index contributed by atoms with van der Waals surface area (Å²) in [6.07, 6.45) is 5.69. The molecule has 0 amide bonds. The molecule has 1 N–H and O–H groups in total. The van der Waals surface area contributed by atoms with Crippen LogP contribution in [0.25, 0.3) is 22.2 Å². The van der Waals surface area contributed by atoms with Crippen molar-refractivity contribution in [3.05, 3.63) is 52.7 Å². The first-order valence-electron chi connectivity index (χ1n) is 9.73. The fraction of sp³-hybridized carbons (Fsp3) is 0.381. The summed E-state index contributed by atoms with van der Waals surface area (Å²) in [6, 6.07) is 7.70. The monoisotopic (exact) mass is 379 g/mol. The van der Waals surface area contributed by atoms with Gasteiger partial charge in [0.2, 0.25) is 5.95 Å². The smallest absolute Gasteiger partial charge is 0.259 e. The summed E-state index contributed by atoms with van der Waals surface area (Å²) < 4.78 is 14.7. The predicted octanol–water partition coefficient (Wildman–Crippen LogP) is 3.19. The minimum Gasteiger partial charge on any atom is -0.295 e. The van der Waals surface area contributed by atoms with Gasteiger partial charge in [0.1, 0.15) is 11.5 Å². The molecule has 28 heavy (non-hydrogen) atoms. The van der Waals surface area contributed by atoms with Crippen LogP contribution in [-0.4, -0.2) is 32.6 Å². The van der Waals surface area contributed by atoms with E-state index in [-0.39, 0.29) is 11.4 Å². The molecule has 5 rings (SSSR count). The van der Waals surface area contributed by atoms with Gasteiger partial charge in [-0.05, 0) is 48.4 Å². The van der Waals surface area contributed by atoms with E-state index in [4.69, 9.17) is 0 Å². The van der Waals surface area contributed by atoms with E-state index >= 15 is 0 Å². The lowest BCUT2D eigenvalue weighted by atomic mass is 10.0. The summed E-state index contributed by atoms with van der Waals surface area (Å²) in [5.41, 5.74) is 4.91. The highest BCUT2D eigenvalue weighted by atomic mass is 19.1. The van der Waals surface area contributed by atoms with Gasteiger partial charge in [-0.2, -0.15) is 4.98 Å². The Kier molecular flexibility index (Phi) is 4.12. The zero-order valence-electron chi connectivity index (χ0n) is 15.7. The van der Waals surface area contributed by atoms with E-state index in [9.17, 15) is 9.18 Å². The Morgan fingerprint density at radius 2 is 1.86 bits per heavy atom. The van der Waals surface area contributed by atoms with Gasteiger partial charge < -0.3 is 0 Å². The molecular weight excluding hydrogens is 357 g/mol. The van der Waals surface area contributed by atoms with Crippen molar-refractivity contribution < 1.29 is 4.39 Å². The number of rotatable bonds is 3. The lowest BCUT2D eigenvalue weighted by Gasteiger charge is -2.18. The number of aromatic nitrogens is 3. The van der Waals surface area contributed by atoms with E-state index in [2.05, 4.69) is 20.4 Å². The molecule has 2 atom stereocenters. The van der Waals surface area contributed by atoms with Crippen LogP contribution in [-0.2, 0) is 7.05 Å². The summed E-state index contributed by atoms with van der Waals surface area (Å²) in [5, 5.41) is 2.96. The number of nitrogens with one attached hydrogen (secondary N) is 1. The van der Waals surface area contributed by atoms with Gasteiger partial charge >= 0.3 is 0 Å². The van der Waals surface area contributed by atoms with E-state index in [0.29, 0.717) is 22.7 Å². The average Bonchev–Trinajstić information content (AvgIpc) is 3.27. The van der Waals surface area contributed by atoms with Crippen LogP contribution < -0.4 is 11.0 Å². The molecule has 1 saturated heterocycles. The second kappa shape index (κ2) is 6.67. The number of aryl methyl sites for hydroxylation is 1. The first kappa shape index (κ1) is 17.3. The molecule has 1 saturated carbocycles. The first-order valence-corrected chi connectivity index (χ1v) is 9.73. The minimum absolute atomic E-state index is 0.167. The average molecular weight is 379 g/mol. The third-order valence-corrected chi connectivity index (χ3v) is 6.09. The molecule has 0 spiro atoms. The lowest BCUT2D eigenvalue weighted by molar-refractivity contribution is 0.369. The van der Waals surface area contributed by atoms with Gasteiger partial charge in [-0.1, -0.05) is 18.6 Å². The molecule has 0 radical (unpaired) electrons. The molecule has 7 heteroatoms. The standard InChI is InChI=1S/C21H22FN5O/c1-26-19-16(9-18(20(26)28)13-5-7-17(22)8-6-13)10-23-21(24-19)25-27-11-14-3-2-4-15(14)12-27/h5-10,14-15H,2-4,11-12H2,1H3,(H,23,24,25). The maximum absolute atomic E-state index is 13.2. The van der Waals surface area contributed by atoms with Gasteiger partial charge in [0.25, 0.3) is 5.56 Å². The molecule has 6 nitrogen and oxygen atoms in total. The first-order chi connectivity index (χ1) is 13.6. The SMILES string of the molecule is Cn1c(=O)c(-c2ccc(F)cc2)cc2cnc(NN3CC4CCCC4C3)nc21. The van der Waals surface area contributed by atoms with E-state index in [0.717, 1.165) is 30.3 Å². The molecule has 3 heterocycles. The van der Waals surface area contributed by atoms with Gasteiger partial charge in [-0.3, -0.25) is 14.8 Å². The van der Waals surface area contributed by atoms with Crippen molar-refractivity contribution in [2.24, 2.45) is 18.9 Å². The Morgan fingerprint density at radius 3 is 2.57 bits per heavy atom. The van der Waals surface area contributed by atoms with Gasteiger partial charge in [-0.15, -0.1) is 0 Å². The molecule has 3 aromatic rings. The van der Waals surface area contributed by atoms with Crippen LogP contribution in [0.1, 0.15) is 19.3 Å². The number of pyridine rings is 1. The summed E-state index contributed by atoms with van der Waals surface area (Å²) in [5.74, 6) is 1.73. The van der Waals surface area contributed by atoms with Gasteiger partial charge in [0, 0.05) is 37.3 Å². The Bertz CT molecular complexity index is 1080. The number of hydrogen-bond acceptors (Lipinski definition) is 5. The quantitative estimate of drug-likeness (QED) is 0.757. The molecule has 144 valence electrons. The molecule has 2 aromatic heterocycles. The van der Waals surface area contributed by atoms with Crippen molar-refractivity contribution in [3.8, 4) is 11.1 Å². The van der Waals surface area contributed by atoms with Crippen LogP contribution in [0.5, 0.6) is 0 Å². The normalized spacial score (nSPS) is 21.9. The van der Waals surface area contributed by atoms with Crippen molar-refractivity contribution in [1.82, 2.24) is 19.5 Å². The van der Waals surface area contributed by atoms with Crippen molar-refractivity contribution in [3.63, 3.8) is 0 Å². The van der Waals surface area contributed by atoms with Crippen molar-refractivity contribution in [2.45, 2.75) is 19.3 Å². The highest BCUT2D eigenvalue weighted by molar-refractivity contribution is 5.81. The maximum atomic E-state index is 13.2. The molecule has 2 fully saturated rings. The Morgan fingerprint density at radius 1 is 1.14 bits per heavy atom. The van der Waals surface area contributed by atoms with Crippen LogP contribution in [0.4, 0.5) is 10.3 Å². The Labute approximate surface area is 162 Å². The molecule has 1 aliphatic heterocycles. The van der Waals surface area contributed by atoms with Crippen LogP contribution in [0.3, 0.4) is 0 Å². The number of anilines is 1. The van der Waals surface area contributed by atoms with Crippen molar-refractivity contribution in [2.75, 3.05) is 18.5 Å². The van der Waals surface area contributed by atoms with Gasteiger partial charge in [0.15, 0.2) is 0 Å². The summed E-state index contributed by atoms with van der Waals surface area (Å²) in [6.45, 7) is 2.04. The van der Waals surface area contributed by atoms with Crippen LogP contribution in [0, 0.1) is 17.7 Å². The summed E-state index contributed by atoms with van der Waals surface area (Å²) in [7, 11) is 1.70. The molecule has 0 bridgehead atoms. The second-order valence-corrected chi connectivity index (χ2v) is 7.87. The molecule has 1 aliphatic carbocycles. The summed E-state index contributed by atoms with van der Waals surface area (Å²) in [4.78, 5) is 21.9. The fourth-order valence-electron chi connectivity index (χ4n) is 4.60. The third kappa shape index (κ3) is 2.96. The van der Waals surface area contributed by atoms with Crippen LogP contribution in [0.15, 0.2) is 41.3 Å². The highest BCUT2D eigenvalue weighted by Gasteiger charge is 2.36. The van der Waals surface area contributed by atoms with Crippen LogP contribution in [0.2, 0.25) is 0 Å². The number of hydrogen-bond donors (Lipinski definition) is 1. The number of benzene rings is 1. The minimum atomic E-state index is -0.327. The van der Waals surface area contributed by atoms with Crippen LogP contribution >= 0.6 is 0 Å². The Balaban J connectivity index is 1.47. The van der Waals surface area contributed by atoms with E-state index in [1.165, 1.54) is 36.0 Å². The molecule has 2 unspecified atom stereocenters. The third-order valence-electron chi connectivity index (χ3n) is 6.09. The van der Waals surface area contributed by atoms with Gasteiger partial charge in [-0.25, -0.2) is 14.4 Å². The molecular formula is C21H22FN5O. The van der Waals surface area contributed by atoms with E-state index in [1.54, 1.807) is 31.4 Å². The lowest BCUT2D eigenvalue weighted by Crippen LogP contribution is -2.29. The fourth-order valence-corrected chi connectivity index (χ4v) is 4.60. The largest absolute Gasteiger partial charge is 0.295 e. The van der Waals surface area contributed by atoms with E-state index in [1.807, 2.05) is 0 Å². The zero-order chi connectivity index (χ0) is 19.3. The number of fused-ring (bicyclic) bond motifs is 2. The number of hydrazine groups is 1. The topological polar surface area (TPSA) is 63.1 Å². The van der Waals surface area contributed by atoms with E-state index < -0.39 is 0 Å². The number of halogens is 1. The second-order valence-electron chi connectivity index (χ2n) is 7.87. The number of nitrogens with zero attached hydrogens (tertiary/aromatic N) is 4. The maximum Gasteiger partial charge on any atom is 0.259 e. The highest BCUT2D eigenvalue weighted by Crippen LogP contribution is 2.37. The molecule has 2 aliphatic rings. The van der Waals surface area contributed by atoms with Gasteiger partial charge in [0.05, 0.1) is 0 Å². The predicted molar refractivity (Wildman–Crippen MR) is 106 cm³/mol. The molecule has 1 aromatic carbocycles.